The Kier molecular flexibility index (Phi) is 3.26. The maximum absolute atomic E-state index is 12.1. The second-order valence-corrected chi connectivity index (χ2v) is 8.32. The third kappa shape index (κ3) is 2.76. The van der Waals surface area contributed by atoms with Crippen molar-refractivity contribution in [2.24, 2.45) is 0 Å². The van der Waals surface area contributed by atoms with Gasteiger partial charge in [-0.2, -0.15) is 0 Å². The van der Waals surface area contributed by atoms with Crippen molar-refractivity contribution in [3.8, 4) is 0 Å². The van der Waals surface area contributed by atoms with E-state index >= 15 is 0 Å². The first-order valence-electron chi connectivity index (χ1n) is 6.34. The molecule has 0 radical (unpaired) electrons. The Morgan fingerprint density at radius 1 is 1.47 bits per heavy atom. The number of carbonyl (C=O) groups excluding carboxylic acids is 1. The van der Waals surface area contributed by atoms with Gasteiger partial charge in [0.1, 0.15) is 0 Å². The van der Waals surface area contributed by atoms with Gasteiger partial charge in [0.15, 0.2) is 9.84 Å². The van der Waals surface area contributed by atoms with Gasteiger partial charge in [0, 0.05) is 24.0 Å². The van der Waals surface area contributed by atoms with Crippen LogP contribution >= 0.6 is 11.3 Å². The molecule has 0 bridgehead atoms. The number of hydrogen-bond acceptors (Lipinski definition) is 4. The van der Waals surface area contributed by atoms with Crippen molar-refractivity contribution in [3.05, 3.63) is 21.9 Å². The molecular weight excluding hydrogens is 284 g/mol. The molecule has 0 unspecified atom stereocenters. The van der Waals surface area contributed by atoms with Crippen molar-refractivity contribution >= 4 is 27.2 Å². The van der Waals surface area contributed by atoms with Crippen LogP contribution in [-0.4, -0.2) is 43.4 Å². The van der Waals surface area contributed by atoms with E-state index in [0.29, 0.717) is 19.5 Å². The predicted octanol–water partition coefficient (Wildman–Crippen LogP) is 1.00. The van der Waals surface area contributed by atoms with Crippen LogP contribution in [0.1, 0.15) is 16.9 Å². The Hall–Kier alpha value is -1.08. The van der Waals surface area contributed by atoms with Crippen LogP contribution in [-0.2, 0) is 22.8 Å². The minimum atomic E-state index is -2.94. The van der Waals surface area contributed by atoms with Crippen molar-refractivity contribution in [1.29, 1.82) is 0 Å². The number of carbonyl (C=O) groups is 1. The van der Waals surface area contributed by atoms with E-state index in [9.17, 15) is 13.2 Å². The molecule has 3 rings (SSSR count). The molecule has 0 aliphatic carbocycles. The zero-order valence-electron chi connectivity index (χ0n) is 10.5. The maximum Gasteiger partial charge on any atom is 0.317 e. The van der Waals surface area contributed by atoms with Gasteiger partial charge in [0.2, 0.25) is 0 Å². The molecule has 19 heavy (non-hydrogen) atoms. The van der Waals surface area contributed by atoms with E-state index in [4.69, 9.17) is 0 Å². The van der Waals surface area contributed by atoms with Gasteiger partial charge >= 0.3 is 6.03 Å². The summed E-state index contributed by atoms with van der Waals surface area (Å²) in [6.07, 6.45) is 1.43. The summed E-state index contributed by atoms with van der Waals surface area (Å²) in [5, 5.41) is 4.89. The van der Waals surface area contributed by atoms with Gasteiger partial charge < -0.3 is 10.2 Å². The average molecular weight is 300 g/mol. The zero-order chi connectivity index (χ0) is 13.5. The minimum Gasteiger partial charge on any atom is -0.334 e. The Morgan fingerprint density at radius 3 is 3.05 bits per heavy atom. The quantitative estimate of drug-likeness (QED) is 0.841. The molecule has 1 aromatic heterocycles. The van der Waals surface area contributed by atoms with Crippen LogP contribution in [0.3, 0.4) is 0 Å². The Morgan fingerprint density at radius 2 is 2.32 bits per heavy atom. The summed E-state index contributed by atoms with van der Waals surface area (Å²) in [5.41, 5.74) is 1.21. The van der Waals surface area contributed by atoms with Gasteiger partial charge in [-0.1, -0.05) is 0 Å². The third-order valence-electron chi connectivity index (χ3n) is 3.65. The van der Waals surface area contributed by atoms with Gasteiger partial charge in [0.05, 0.1) is 11.5 Å². The number of fused-ring (bicyclic) bond motifs is 1. The first-order valence-corrected chi connectivity index (χ1v) is 9.05. The lowest BCUT2D eigenvalue weighted by Crippen LogP contribution is -2.46. The van der Waals surface area contributed by atoms with Crippen LogP contribution in [0.2, 0.25) is 0 Å². The second-order valence-electron chi connectivity index (χ2n) is 5.09. The summed E-state index contributed by atoms with van der Waals surface area (Å²) in [4.78, 5) is 15.2. The number of thiophene rings is 1. The normalized spacial score (nSPS) is 25.1. The molecule has 1 atom stereocenters. The SMILES string of the molecule is O=C(N[C@@H]1CCS(=O)(=O)C1)N1CCc2sccc2C1. The fraction of sp³-hybridized carbons (Fsp3) is 0.583. The molecule has 0 saturated carbocycles. The minimum absolute atomic E-state index is 0.0796. The number of amides is 2. The number of urea groups is 1. The lowest BCUT2D eigenvalue weighted by atomic mass is 10.1. The summed E-state index contributed by atoms with van der Waals surface area (Å²) in [5.74, 6) is 0.267. The van der Waals surface area contributed by atoms with Crippen LogP contribution in [0.5, 0.6) is 0 Å². The van der Waals surface area contributed by atoms with Crippen molar-refractivity contribution in [2.45, 2.75) is 25.4 Å². The number of sulfone groups is 1. The monoisotopic (exact) mass is 300 g/mol. The van der Waals surface area contributed by atoms with E-state index in [2.05, 4.69) is 16.8 Å². The van der Waals surface area contributed by atoms with E-state index in [1.165, 1.54) is 10.4 Å². The van der Waals surface area contributed by atoms with Gasteiger partial charge in [-0.25, -0.2) is 13.2 Å². The number of nitrogens with zero attached hydrogens (tertiary/aromatic N) is 1. The van der Waals surface area contributed by atoms with Gasteiger partial charge in [-0.15, -0.1) is 11.3 Å². The van der Waals surface area contributed by atoms with Crippen LogP contribution in [0.15, 0.2) is 11.4 Å². The summed E-state index contributed by atoms with van der Waals surface area (Å²) in [7, 11) is -2.94. The zero-order valence-corrected chi connectivity index (χ0v) is 12.1. The van der Waals surface area contributed by atoms with E-state index < -0.39 is 9.84 Å². The van der Waals surface area contributed by atoms with E-state index in [0.717, 1.165) is 6.42 Å². The molecule has 1 aromatic rings. The molecule has 104 valence electrons. The smallest absolute Gasteiger partial charge is 0.317 e. The van der Waals surface area contributed by atoms with E-state index in [-0.39, 0.29) is 23.6 Å². The number of rotatable bonds is 1. The van der Waals surface area contributed by atoms with Crippen molar-refractivity contribution < 1.29 is 13.2 Å². The van der Waals surface area contributed by atoms with Crippen LogP contribution < -0.4 is 5.32 Å². The largest absolute Gasteiger partial charge is 0.334 e. The molecule has 3 heterocycles. The van der Waals surface area contributed by atoms with Crippen molar-refractivity contribution in [2.75, 3.05) is 18.1 Å². The van der Waals surface area contributed by atoms with Crippen LogP contribution in [0, 0.1) is 0 Å². The molecule has 7 heteroatoms. The highest BCUT2D eigenvalue weighted by Crippen LogP contribution is 2.24. The topological polar surface area (TPSA) is 66.5 Å². The number of hydrogen-bond donors (Lipinski definition) is 1. The Bertz CT molecular complexity index is 594. The summed E-state index contributed by atoms with van der Waals surface area (Å²) >= 11 is 1.73. The molecule has 1 saturated heterocycles. The molecule has 2 aliphatic rings. The third-order valence-corrected chi connectivity index (χ3v) is 6.45. The lowest BCUT2D eigenvalue weighted by Gasteiger charge is -2.28. The van der Waals surface area contributed by atoms with Crippen molar-refractivity contribution in [3.63, 3.8) is 0 Å². The fourth-order valence-electron chi connectivity index (χ4n) is 2.60. The molecule has 2 aliphatic heterocycles. The molecule has 1 N–H and O–H groups in total. The van der Waals surface area contributed by atoms with Gasteiger partial charge in [-0.3, -0.25) is 0 Å². The lowest BCUT2D eigenvalue weighted by molar-refractivity contribution is 0.189. The molecule has 0 aromatic carbocycles. The van der Waals surface area contributed by atoms with Crippen LogP contribution in [0.4, 0.5) is 4.79 Å². The van der Waals surface area contributed by atoms with Crippen molar-refractivity contribution in [1.82, 2.24) is 10.2 Å². The van der Waals surface area contributed by atoms with E-state index in [1.54, 1.807) is 16.2 Å². The highest BCUT2D eigenvalue weighted by Gasteiger charge is 2.30. The fourth-order valence-corrected chi connectivity index (χ4v) is 5.16. The summed E-state index contributed by atoms with van der Waals surface area (Å²) < 4.78 is 22.7. The first-order chi connectivity index (χ1) is 9.03. The highest BCUT2D eigenvalue weighted by atomic mass is 32.2. The predicted molar refractivity (Wildman–Crippen MR) is 74.0 cm³/mol. The van der Waals surface area contributed by atoms with E-state index in [1.807, 2.05) is 0 Å². The molecule has 0 spiro atoms. The molecule has 1 fully saturated rings. The van der Waals surface area contributed by atoms with Gasteiger partial charge in [0.25, 0.3) is 0 Å². The molecule has 2 amide bonds. The summed E-state index contributed by atoms with van der Waals surface area (Å²) in [6, 6.07) is 1.69. The second kappa shape index (κ2) is 4.79. The number of nitrogens with one attached hydrogen (secondary N) is 1. The molecular formula is C12H16N2O3S2. The Balaban J connectivity index is 1.60. The highest BCUT2D eigenvalue weighted by molar-refractivity contribution is 7.91. The first kappa shape index (κ1) is 12.9. The standard InChI is InChI=1S/C12H16N2O3S2/c15-12(13-10-3-6-19(16,17)8-10)14-4-1-11-9(7-14)2-5-18-11/h2,5,10H,1,3-4,6-8H2,(H,13,15)/t10-/m1/s1. The van der Waals surface area contributed by atoms with Gasteiger partial charge in [-0.05, 0) is 29.9 Å². The average Bonchev–Trinajstić information content (AvgIpc) is 2.94. The maximum atomic E-state index is 12.1. The Labute approximate surface area is 116 Å². The summed E-state index contributed by atoms with van der Waals surface area (Å²) in [6.45, 7) is 1.34. The molecule has 5 nitrogen and oxygen atoms in total. The van der Waals surface area contributed by atoms with Crippen LogP contribution in [0.25, 0.3) is 0 Å².